The summed E-state index contributed by atoms with van der Waals surface area (Å²) in [7, 11) is 2.14. The van der Waals surface area contributed by atoms with Gasteiger partial charge in [-0.1, -0.05) is 0 Å². The van der Waals surface area contributed by atoms with Crippen LogP contribution in [0.2, 0.25) is 0 Å². The molecule has 2 unspecified atom stereocenters. The van der Waals surface area contributed by atoms with E-state index in [1.807, 2.05) is 18.3 Å². The minimum absolute atomic E-state index is 0.122. The van der Waals surface area contributed by atoms with Crippen LogP contribution in [-0.2, 0) is 6.54 Å². The van der Waals surface area contributed by atoms with Crippen LogP contribution in [0.25, 0.3) is 0 Å². The second-order valence-corrected chi connectivity index (χ2v) is 9.84. The van der Waals surface area contributed by atoms with Gasteiger partial charge in [0, 0.05) is 35.2 Å². The van der Waals surface area contributed by atoms with Crippen molar-refractivity contribution in [3.8, 4) is 0 Å². The predicted octanol–water partition coefficient (Wildman–Crippen LogP) is 3.63. The van der Waals surface area contributed by atoms with Crippen molar-refractivity contribution in [1.29, 1.82) is 0 Å². The normalized spacial score (nSPS) is 32.8. The van der Waals surface area contributed by atoms with Gasteiger partial charge >= 0.3 is 0 Å². The van der Waals surface area contributed by atoms with Crippen molar-refractivity contribution in [3.63, 3.8) is 0 Å². The number of hydrogen-bond donors (Lipinski definition) is 1. The maximum absolute atomic E-state index is 12.9. The van der Waals surface area contributed by atoms with Crippen LogP contribution in [-0.4, -0.2) is 45.2 Å². The lowest BCUT2D eigenvalue weighted by molar-refractivity contribution is -0.0464. The van der Waals surface area contributed by atoms with E-state index in [2.05, 4.69) is 27.2 Å². The Morgan fingerprint density at radius 1 is 1.10 bits per heavy atom. The molecular weight excluding hydrogens is 388 g/mol. The van der Waals surface area contributed by atoms with Crippen LogP contribution in [0.5, 0.6) is 0 Å². The zero-order chi connectivity index (χ0) is 21.5. The van der Waals surface area contributed by atoms with E-state index >= 15 is 0 Å². The number of carbonyl (C=O) groups is 2. The first-order valence-electron chi connectivity index (χ1n) is 11.4. The fourth-order valence-electron chi connectivity index (χ4n) is 6.63. The number of rotatable bonds is 3. The van der Waals surface area contributed by atoms with Gasteiger partial charge in [-0.15, -0.1) is 0 Å². The molecule has 2 aromatic heterocycles. The first kappa shape index (κ1) is 20.3. The van der Waals surface area contributed by atoms with E-state index in [4.69, 9.17) is 0 Å². The number of fused-ring (bicyclic) bond motifs is 1. The molecule has 3 heterocycles. The molecule has 0 aromatic carbocycles. The summed E-state index contributed by atoms with van der Waals surface area (Å²) in [5, 5.41) is 3.65. The van der Waals surface area contributed by atoms with Crippen molar-refractivity contribution < 1.29 is 9.59 Å². The van der Waals surface area contributed by atoms with E-state index in [1.54, 1.807) is 18.3 Å². The molecule has 5 aliphatic rings. The molecule has 2 atom stereocenters. The summed E-state index contributed by atoms with van der Waals surface area (Å²) in [6.45, 7) is 0.728. The van der Waals surface area contributed by atoms with E-state index in [0.717, 1.165) is 35.9 Å². The Labute approximate surface area is 183 Å². The Balaban J connectivity index is 0.000000217. The summed E-state index contributed by atoms with van der Waals surface area (Å²) in [5.74, 6) is 1.78. The van der Waals surface area contributed by atoms with Crippen LogP contribution in [0.4, 0.5) is 0 Å². The highest BCUT2D eigenvalue weighted by Gasteiger charge is 2.58. The van der Waals surface area contributed by atoms with Crippen molar-refractivity contribution in [1.82, 2.24) is 20.2 Å². The Bertz CT molecular complexity index is 972. The molecule has 4 saturated carbocycles. The average molecular weight is 419 g/mol. The average Bonchev–Trinajstić information content (AvgIpc) is 3.35. The van der Waals surface area contributed by atoms with Crippen molar-refractivity contribution in [2.24, 2.45) is 11.8 Å². The van der Waals surface area contributed by atoms with Crippen molar-refractivity contribution in [3.05, 3.63) is 59.7 Å². The molecule has 6 heteroatoms. The number of hydrogen-bond acceptors (Lipinski definition) is 5. The molecule has 7 rings (SSSR count). The maximum Gasteiger partial charge on any atom is 0.256 e. The molecular formula is C25H30N4O2. The number of nitrogens with one attached hydrogen (secondary N) is 1. The zero-order valence-corrected chi connectivity index (χ0v) is 18.1. The lowest BCUT2D eigenvalue weighted by Crippen LogP contribution is -2.61. The minimum Gasteiger partial charge on any atom is -0.327 e. The Kier molecular flexibility index (Phi) is 5.13. The van der Waals surface area contributed by atoms with Gasteiger partial charge in [0.05, 0.1) is 17.8 Å². The third kappa shape index (κ3) is 3.57. The van der Waals surface area contributed by atoms with E-state index in [-0.39, 0.29) is 11.4 Å². The third-order valence-corrected chi connectivity index (χ3v) is 7.99. The number of pyridine rings is 2. The van der Waals surface area contributed by atoms with Crippen molar-refractivity contribution in [2.45, 2.75) is 62.6 Å². The van der Waals surface area contributed by atoms with Crippen molar-refractivity contribution >= 4 is 12.2 Å². The summed E-state index contributed by atoms with van der Waals surface area (Å²) in [5.41, 5.74) is 2.95. The third-order valence-electron chi connectivity index (χ3n) is 7.99. The number of nitrogens with zero attached hydrogens (tertiary/aromatic N) is 3. The van der Waals surface area contributed by atoms with Gasteiger partial charge in [0.15, 0.2) is 6.29 Å². The molecule has 0 spiro atoms. The monoisotopic (exact) mass is 418 g/mol. The topological polar surface area (TPSA) is 75.2 Å². The number of aromatic nitrogens is 2. The summed E-state index contributed by atoms with van der Waals surface area (Å²) in [6.07, 6.45) is 14.6. The molecule has 0 radical (unpaired) electrons. The fourth-order valence-corrected chi connectivity index (χ4v) is 6.63. The van der Waals surface area contributed by atoms with Gasteiger partial charge in [0.25, 0.3) is 5.91 Å². The highest BCUT2D eigenvalue weighted by atomic mass is 16.2. The Hall–Kier alpha value is -2.60. The SMILES string of the molecule is CNC12CCC(C1)CC1(N3Cc4ncccc4C3=O)CC(C2)C1.O=Cc1cccnc1. The first-order chi connectivity index (χ1) is 15.1. The Morgan fingerprint density at radius 2 is 1.87 bits per heavy atom. The largest absolute Gasteiger partial charge is 0.327 e. The molecule has 2 aromatic rings. The molecule has 4 fully saturated rings. The summed E-state index contributed by atoms with van der Waals surface area (Å²) in [4.78, 5) is 33.2. The molecule has 1 N–H and O–H groups in total. The molecule has 6 nitrogen and oxygen atoms in total. The van der Waals surface area contributed by atoms with Crippen LogP contribution in [0, 0.1) is 11.8 Å². The Morgan fingerprint density at radius 3 is 2.55 bits per heavy atom. The molecule has 4 aliphatic carbocycles. The molecule has 162 valence electrons. The smallest absolute Gasteiger partial charge is 0.256 e. The van der Waals surface area contributed by atoms with E-state index in [0.29, 0.717) is 11.1 Å². The van der Waals surface area contributed by atoms with E-state index < -0.39 is 0 Å². The second-order valence-electron chi connectivity index (χ2n) is 9.84. The highest BCUT2D eigenvalue weighted by molar-refractivity contribution is 5.98. The first-order valence-corrected chi connectivity index (χ1v) is 11.4. The van der Waals surface area contributed by atoms with E-state index in [1.165, 1.54) is 51.1 Å². The van der Waals surface area contributed by atoms with Crippen LogP contribution in [0.15, 0.2) is 42.9 Å². The number of carbonyl (C=O) groups excluding carboxylic acids is 2. The predicted molar refractivity (Wildman–Crippen MR) is 118 cm³/mol. The van der Waals surface area contributed by atoms with Crippen LogP contribution in [0.1, 0.15) is 71.4 Å². The van der Waals surface area contributed by atoms with Gasteiger partial charge in [-0.3, -0.25) is 19.6 Å². The summed E-state index contributed by atoms with van der Waals surface area (Å²) < 4.78 is 0. The number of amides is 1. The summed E-state index contributed by atoms with van der Waals surface area (Å²) >= 11 is 0. The van der Waals surface area contributed by atoms with Crippen LogP contribution in [0.3, 0.4) is 0 Å². The second kappa shape index (κ2) is 7.83. The quantitative estimate of drug-likeness (QED) is 0.771. The molecule has 31 heavy (non-hydrogen) atoms. The maximum atomic E-state index is 12.9. The standard InChI is InChI=1S/C19H25N3O.C6H5NO/c1-20-18-5-4-13(7-18)9-19(10-14(8-18)11-19)22-12-16-15(17(22)23)3-2-6-21-16;8-5-6-2-1-3-7-4-6/h2-3,6,13-14,20H,4-5,7-12H2,1H3;1-5H. The molecule has 1 aliphatic heterocycles. The molecule has 4 bridgehead atoms. The van der Waals surface area contributed by atoms with Crippen LogP contribution >= 0.6 is 0 Å². The lowest BCUT2D eigenvalue weighted by Gasteiger charge is -2.57. The molecule has 0 saturated heterocycles. The van der Waals surface area contributed by atoms with Gasteiger partial charge in [0.2, 0.25) is 0 Å². The zero-order valence-electron chi connectivity index (χ0n) is 18.1. The number of aldehydes is 1. The molecule has 1 amide bonds. The van der Waals surface area contributed by atoms with E-state index in [9.17, 15) is 9.59 Å². The van der Waals surface area contributed by atoms with Crippen LogP contribution < -0.4 is 5.32 Å². The minimum atomic E-state index is 0.122. The van der Waals surface area contributed by atoms with Gasteiger partial charge < -0.3 is 10.2 Å². The van der Waals surface area contributed by atoms with Gasteiger partial charge in [0.1, 0.15) is 0 Å². The van der Waals surface area contributed by atoms with Gasteiger partial charge in [-0.25, -0.2) is 0 Å². The highest BCUT2D eigenvalue weighted by Crippen LogP contribution is 2.58. The van der Waals surface area contributed by atoms with Gasteiger partial charge in [-0.05, 0) is 88.1 Å². The fraction of sp³-hybridized carbons (Fsp3) is 0.520. The van der Waals surface area contributed by atoms with Gasteiger partial charge in [-0.2, -0.15) is 0 Å². The summed E-state index contributed by atoms with van der Waals surface area (Å²) in [6, 6.07) is 7.27. The van der Waals surface area contributed by atoms with Crippen molar-refractivity contribution in [2.75, 3.05) is 7.05 Å². The lowest BCUT2D eigenvalue weighted by atomic mass is 9.58.